The normalized spacial score (nSPS) is 16.7. The molecule has 1 aliphatic heterocycles. The second-order valence-electron chi connectivity index (χ2n) is 8.21. The number of carboxylic acids is 1. The van der Waals surface area contributed by atoms with Gasteiger partial charge in [0.1, 0.15) is 5.82 Å². The summed E-state index contributed by atoms with van der Waals surface area (Å²) in [6.45, 7) is 0.827. The number of nitrogens with zero attached hydrogens (tertiary/aromatic N) is 4. The van der Waals surface area contributed by atoms with Gasteiger partial charge in [0.25, 0.3) is 0 Å². The van der Waals surface area contributed by atoms with Crippen molar-refractivity contribution in [2.24, 2.45) is 0 Å². The monoisotopic (exact) mass is 573 g/mol. The average molecular weight is 573 g/mol. The molecule has 2 N–H and O–H groups in total. The van der Waals surface area contributed by atoms with Crippen molar-refractivity contribution in [1.29, 1.82) is 0 Å². The zero-order chi connectivity index (χ0) is 29.2. The van der Waals surface area contributed by atoms with E-state index in [9.17, 15) is 39.5 Å². The topological polar surface area (TPSA) is 94.6 Å². The van der Waals surface area contributed by atoms with Crippen LogP contribution in [0.4, 0.5) is 51.3 Å². The van der Waals surface area contributed by atoms with Crippen molar-refractivity contribution in [3.63, 3.8) is 0 Å². The van der Waals surface area contributed by atoms with E-state index >= 15 is 0 Å². The summed E-state index contributed by atoms with van der Waals surface area (Å²) in [4.78, 5) is 23.5. The molecule has 1 saturated heterocycles. The molecule has 1 unspecified atom stereocenters. The van der Waals surface area contributed by atoms with E-state index in [2.05, 4.69) is 15.0 Å². The lowest BCUT2D eigenvalue weighted by atomic mass is 10.1. The van der Waals surface area contributed by atoms with Gasteiger partial charge in [-0.3, -0.25) is 0 Å². The van der Waals surface area contributed by atoms with E-state index in [4.69, 9.17) is 14.6 Å². The molecule has 17 heteroatoms. The van der Waals surface area contributed by atoms with Crippen LogP contribution in [-0.2, 0) is 21.9 Å². The smallest absolute Gasteiger partial charge is 0.475 e. The van der Waals surface area contributed by atoms with Crippen molar-refractivity contribution in [2.45, 2.75) is 24.6 Å². The molecular formula is C22H20F9N5O3. The highest BCUT2D eigenvalue weighted by Gasteiger charge is 2.39. The SMILES string of the molecule is COCC1CN(c2ncccc2C(F)(F)F)CCN1c1nc2cc(C(F)(F)F)ccc2[nH]1.O=C(O)C(F)(F)F. The Morgan fingerprint density at radius 3 is 2.31 bits per heavy atom. The third-order valence-electron chi connectivity index (χ3n) is 5.55. The fraction of sp³-hybridized carbons (Fsp3) is 0.409. The lowest BCUT2D eigenvalue weighted by Gasteiger charge is -2.42. The van der Waals surface area contributed by atoms with E-state index < -0.39 is 41.7 Å². The van der Waals surface area contributed by atoms with Crippen molar-refractivity contribution < 1.29 is 54.2 Å². The van der Waals surface area contributed by atoms with E-state index in [0.29, 0.717) is 11.5 Å². The number of pyridine rings is 1. The number of fused-ring (bicyclic) bond motifs is 1. The Kier molecular flexibility index (Phi) is 8.52. The van der Waals surface area contributed by atoms with E-state index in [-0.39, 0.29) is 37.6 Å². The number of carboxylic acid groups (broad SMARTS) is 1. The molecule has 39 heavy (non-hydrogen) atoms. The zero-order valence-electron chi connectivity index (χ0n) is 19.8. The molecule has 0 spiro atoms. The van der Waals surface area contributed by atoms with Crippen molar-refractivity contribution in [3.8, 4) is 0 Å². The number of hydrogen-bond acceptors (Lipinski definition) is 6. The van der Waals surface area contributed by atoms with Gasteiger partial charge in [-0.25, -0.2) is 14.8 Å². The molecule has 0 bridgehead atoms. The number of H-pyrrole nitrogens is 1. The summed E-state index contributed by atoms with van der Waals surface area (Å²) in [5, 5.41) is 7.12. The highest BCUT2D eigenvalue weighted by Crippen LogP contribution is 2.36. The van der Waals surface area contributed by atoms with Gasteiger partial charge < -0.3 is 24.6 Å². The Hall–Kier alpha value is -3.76. The first kappa shape index (κ1) is 29.8. The number of benzene rings is 1. The number of aliphatic carboxylic acids is 1. The second kappa shape index (κ2) is 11.2. The Bertz CT molecular complexity index is 1290. The molecule has 4 rings (SSSR count). The number of aromatic amines is 1. The lowest BCUT2D eigenvalue weighted by molar-refractivity contribution is -0.192. The number of halogens is 9. The minimum atomic E-state index is -5.08. The number of aromatic nitrogens is 3. The third kappa shape index (κ3) is 7.21. The number of alkyl halides is 9. The molecule has 1 fully saturated rings. The predicted octanol–water partition coefficient (Wildman–Crippen LogP) is 4.97. The van der Waals surface area contributed by atoms with Crippen LogP contribution in [0.25, 0.3) is 11.0 Å². The number of nitrogens with one attached hydrogen (secondary N) is 1. The van der Waals surface area contributed by atoms with Crippen LogP contribution < -0.4 is 9.80 Å². The maximum atomic E-state index is 13.4. The first-order valence-electron chi connectivity index (χ1n) is 10.9. The van der Waals surface area contributed by atoms with Gasteiger partial charge in [0, 0.05) is 32.9 Å². The minimum Gasteiger partial charge on any atom is -0.475 e. The van der Waals surface area contributed by atoms with Crippen molar-refractivity contribution in [3.05, 3.63) is 47.7 Å². The molecule has 3 aromatic rings. The number of anilines is 2. The summed E-state index contributed by atoms with van der Waals surface area (Å²) >= 11 is 0. The van der Waals surface area contributed by atoms with E-state index in [0.717, 1.165) is 18.2 Å². The summed E-state index contributed by atoms with van der Waals surface area (Å²) in [5.74, 6) is -2.59. The van der Waals surface area contributed by atoms with Crippen LogP contribution in [0.15, 0.2) is 36.5 Å². The Balaban J connectivity index is 0.000000532. The van der Waals surface area contributed by atoms with Crippen LogP contribution in [0.3, 0.4) is 0 Å². The molecule has 1 atom stereocenters. The molecule has 1 aromatic carbocycles. The van der Waals surface area contributed by atoms with Gasteiger partial charge in [0.05, 0.1) is 34.8 Å². The molecule has 0 amide bonds. The number of imidazole rings is 1. The van der Waals surface area contributed by atoms with Crippen LogP contribution in [0.2, 0.25) is 0 Å². The standard InChI is InChI=1S/C20H19F6N5O.C2HF3O2/c1-32-11-13-10-30(17-14(20(24,25)26)3-2-6-27-17)7-8-31(13)18-28-15-5-4-12(19(21,22)23)9-16(15)29-18;3-2(4,5)1(6)7/h2-6,9,13H,7-8,10-11H2,1H3,(H,28,29);(H,6,7). The number of carbonyl (C=O) groups is 1. The minimum absolute atomic E-state index is 0.150. The molecule has 0 aliphatic carbocycles. The summed E-state index contributed by atoms with van der Waals surface area (Å²) in [5.41, 5.74) is -1.06. The highest BCUT2D eigenvalue weighted by atomic mass is 19.4. The predicted molar refractivity (Wildman–Crippen MR) is 119 cm³/mol. The zero-order valence-corrected chi connectivity index (χ0v) is 19.8. The average Bonchev–Trinajstić information content (AvgIpc) is 3.26. The van der Waals surface area contributed by atoms with Gasteiger partial charge in [-0.05, 0) is 30.3 Å². The van der Waals surface area contributed by atoms with Crippen LogP contribution >= 0.6 is 0 Å². The van der Waals surface area contributed by atoms with E-state index in [1.165, 1.54) is 30.3 Å². The fourth-order valence-electron chi connectivity index (χ4n) is 3.84. The Morgan fingerprint density at radius 1 is 1.08 bits per heavy atom. The Morgan fingerprint density at radius 2 is 1.74 bits per heavy atom. The summed E-state index contributed by atoms with van der Waals surface area (Å²) in [7, 11) is 1.47. The highest BCUT2D eigenvalue weighted by molar-refractivity contribution is 5.78. The van der Waals surface area contributed by atoms with Gasteiger partial charge in [0.2, 0.25) is 5.95 Å². The van der Waals surface area contributed by atoms with Crippen molar-refractivity contribution in [1.82, 2.24) is 15.0 Å². The molecule has 8 nitrogen and oxygen atoms in total. The Labute approximate surface area is 214 Å². The third-order valence-corrected chi connectivity index (χ3v) is 5.55. The molecule has 2 aromatic heterocycles. The van der Waals surface area contributed by atoms with Crippen LogP contribution in [0, 0.1) is 0 Å². The number of rotatable bonds is 4. The van der Waals surface area contributed by atoms with E-state index in [1.54, 1.807) is 4.90 Å². The van der Waals surface area contributed by atoms with E-state index in [1.807, 2.05) is 0 Å². The first-order chi connectivity index (χ1) is 18.0. The molecule has 0 radical (unpaired) electrons. The maximum absolute atomic E-state index is 13.4. The van der Waals surface area contributed by atoms with Crippen LogP contribution in [0.1, 0.15) is 11.1 Å². The maximum Gasteiger partial charge on any atom is 0.490 e. The van der Waals surface area contributed by atoms with Gasteiger partial charge in [-0.15, -0.1) is 0 Å². The summed E-state index contributed by atoms with van der Waals surface area (Å²) in [6.07, 6.45) is -12.8. The molecule has 214 valence electrons. The van der Waals surface area contributed by atoms with Crippen molar-refractivity contribution in [2.75, 3.05) is 43.2 Å². The van der Waals surface area contributed by atoms with Gasteiger partial charge in [-0.2, -0.15) is 39.5 Å². The largest absolute Gasteiger partial charge is 0.490 e. The summed E-state index contributed by atoms with van der Waals surface area (Å²) < 4.78 is 116. The molecular weight excluding hydrogens is 553 g/mol. The van der Waals surface area contributed by atoms with Gasteiger partial charge in [0.15, 0.2) is 0 Å². The molecule has 3 heterocycles. The number of piperazine rings is 1. The molecule has 0 saturated carbocycles. The van der Waals surface area contributed by atoms with Crippen molar-refractivity contribution >= 4 is 28.8 Å². The van der Waals surface area contributed by atoms with Gasteiger partial charge >= 0.3 is 24.5 Å². The van der Waals surface area contributed by atoms with Gasteiger partial charge in [-0.1, -0.05) is 0 Å². The summed E-state index contributed by atoms with van der Waals surface area (Å²) in [6, 6.07) is 5.05. The number of ether oxygens (including phenoxy) is 1. The second-order valence-corrected chi connectivity index (χ2v) is 8.21. The number of methoxy groups -OCH3 is 1. The number of hydrogen-bond donors (Lipinski definition) is 2. The first-order valence-corrected chi connectivity index (χ1v) is 10.9. The molecule has 1 aliphatic rings. The fourth-order valence-corrected chi connectivity index (χ4v) is 3.84. The quantitative estimate of drug-likeness (QED) is 0.426. The van der Waals surface area contributed by atoms with Crippen LogP contribution in [-0.4, -0.2) is 71.6 Å². The lowest BCUT2D eigenvalue weighted by Crippen LogP contribution is -2.56. The van der Waals surface area contributed by atoms with Crippen LogP contribution in [0.5, 0.6) is 0 Å².